The van der Waals surface area contributed by atoms with Crippen LogP contribution >= 0.6 is 11.6 Å². The fraction of sp³-hybridized carbons (Fsp3) is 0.474. The molecule has 0 unspecified atom stereocenters. The first-order valence-electron chi connectivity index (χ1n) is 7.71. The predicted octanol–water partition coefficient (Wildman–Crippen LogP) is 5.85. The Bertz CT molecular complexity index is 479. The summed E-state index contributed by atoms with van der Waals surface area (Å²) in [6.07, 6.45) is 12.5. The molecule has 1 aromatic rings. The first kappa shape index (κ1) is 15.2. The second kappa shape index (κ2) is 8.18. The fourth-order valence-corrected chi connectivity index (χ4v) is 3.05. The van der Waals surface area contributed by atoms with Crippen molar-refractivity contribution in [3.63, 3.8) is 0 Å². The number of hydrogen-bond donors (Lipinski definition) is 0. The summed E-state index contributed by atoms with van der Waals surface area (Å²) >= 11 is 5.85. The Kier molecular flexibility index (Phi) is 6.22. The summed E-state index contributed by atoms with van der Waals surface area (Å²) in [6.45, 7) is 2.29. The molecule has 0 aromatic heterocycles. The highest BCUT2D eigenvalue weighted by Crippen LogP contribution is 2.31. The second-order valence-electron chi connectivity index (χ2n) is 5.70. The van der Waals surface area contributed by atoms with Gasteiger partial charge in [0, 0.05) is 10.6 Å². The number of hydrogen-bond acceptors (Lipinski definition) is 0. The maximum absolute atomic E-state index is 5.85. The van der Waals surface area contributed by atoms with Gasteiger partial charge in [-0.2, -0.15) is 0 Å². The molecule has 0 bridgehead atoms. The van der Waals surface area contributed by atoms with Crippen LogP contribution in [0.25, 0.3) is 0 Å². The molecular weight excluding hydrogens is 264 g/mol. The van der Waals surface area contributed by atoms with Crippen LogP contribution in [-0.2, 0) is 0 Å². The zero-order valence-electron chi connectivity index (χ0n) is 12.2. The molecule has 1 aromatic carbocycles. The lowest BCUT2D eigenvalue weighted by Crippen LogP contribution is -2.12. The predicted molar refractivity (Wildman–Crippen MR) is 87.8 cm³/mol. The van der Waals surface area contributed by atoms with Crippen LogP contribution in [-0.4, -0.2) is 0 Å². The minimum absolute atomic E-state index is 0.739. The molecule has 1 aliphatic carbocycles. The van der Waals surface area contributed by atoms with Crippen molar-refractivity contribution < 1.29 is 0 Å². The summed E-state index contributed by atoms with van der Waals surface area (Å²) in [5, 5.41) is 0.759. The lowest BCUT2D eigenvalue weighted by atomic mass is 9.80. The molecular formula is C19H23Cl. The van der Waals surface area contributed by atoms with E-state index in [4.69, 9.17) is 11.6 Å². The molecule has 0 nitrogen and oxygen atoms in total. The Morgan fingerprint density at radius 2 is 1.85 bits per heavy atom. The first-order chi connectivity index (χ1) is 9.78. The number of benzene rings is 1. The van der Waals surface area contributed by atoms with Crippen LogP contribution in [0.2, 0.25) is 5.02 Å². The van der Waals surface area contributed by atoms with E-state index in [1.807, 2.05) is 30.3 Å². The van der Waals surface area contributed by atoms with Gasteiger partial charge >= 0.3 is 0 Å². The highest BCUT2D eigenvalue weighted by Gasteiger charge is 2.18. The molecule has 106 valence electrons. The summed E-state index contributed by atoms with van der Waals surface area (Å²) < 4.78 is 0. The van der Waals surface area contributed by atoms with Crippen molar-refractivity contribution in [1.29, 1.82) is 0 Å². The van der Waals surface area contributed by atoms with E-state index in [1.165, 1.54) is 38.5 Å². The molecule has 0 radical (unpaired) electrons. The molecule has 1 fully saturated rings. The third-order valence-corrected chi connectivity index (χ3v) is 4.35. The Labute approximate surface area is 128 Å². The summed E-state index contributed by atoms with van der Waals surface area (Å²) in [6, 6.07) is 7.67. The van der Waals surface area contributed by atoms with Crippen LogP contribution in [0.3, 0.4) is 0 Å². The minimum atomic E-state index is 0.739. The van der Waals surface area contributed by atoms with Crippen molar-refractivity contribution in [2.45, 2.75) is 45.4 Å². The van der Waals surface area contributed by atoms with Gasteiger partial charge in [0.15, 0.2) is 0 Å². The third kappa shape index (κ3) is 5.06. The Morgan fingerprint density at radius 3 is 2.50 bits per heavy atom. The highest BCUT2D eigenvalue weighted by atomic mass is 35.5. The standard InChI is InChI=1S/C19H23Cl/c1-2-5-16-8-10-17(11-9-16)6-3-4-7-18-12-14-19(20)15-13-18/h3,6,12-17H,2,5,8-11H2,1H3. The van der Waals surface area contributed by atoms with Crippen molar-refractivity contribution >= 4 is 11.6 Å². The Balaban J connectivity index is 1.79. The summed E-state index contributed by atoms with van der Waals surface area (Å²) in [5.41, 5.74) is 1.02. The molecule has 0 saturated heterocycles. The van der Waals surface area contributed by atoms with Gasteiger partial charge in [-0.15, -0.1) is 0 Å². The maximum Gasteiger partial charge on any atom is 0.0406 e. The van der Waals surface area contributed by atoms with E-state index in [2.05, 4.69) is 24.8 Å². The van der Waals surface area contributed by atoms with Gasteiger partial charge in [-0.05, 0) is 67.9 Å². The van der Waals surface area contributed by atoms with E-state index < -0.39 is 0 Å². The summed E-state index contributed by atoms with van der Waals surface area (Å²) in [4.78, 5) is 0. The van der Waals surface area contributed by atoms with Crippen LogP contribution in [0.15, 0.2) is 36.4 Å². The quantitative estimate of drug-likeness (QED) is 0.611. The average molecular weight is 287 g/mol. The van der Waals surface area contributed by atoms with Crippen LogP contribution in [0.1, 0.15) is 51.0 Å². The molecule has 1 saturated carbocycles. The molecule has 0 aliphatic heterocycles. The topological polar surface area (TPSA) is 0 Å². The van der Waals surface area contributed by atoms with Crippen LogP contribution in [0, 0.1) is 23.7 Å². The van der Waals surface area contributed by atoms with Gasteiger partial charge in [0.2, 0.25) is 0 Å². The van der Waals surface area contributed by atoms with E-state index in [-0.39, 0.29) is 0 Å². The van der Waals surface area contributed by atoms with Gasteiger partial charge in [-0.3, -0.25) is 0 Å². The highest BCUT2D eigenvalue weighted by molar-refractivity contribution is 6.30. The molecule has 20 heavy (non-hydrogen) atoms. The van der Waals surface area contributed by atoms with E-state index in [9.17, 15) is 0 Å². The zero-order valence-corrected chi connectivity index (χ0v) is 13.0. The minimum Gasteiger partial charge on any atom is -0.0843 e. The van der Waals surface area contributed by atoms with Crippen molar-refractivity contribution in [2.24, 2.45) is 11.8 Å². The summed E-state index contributed by atoms with van der Waals surface area (Å²) in [7, 11) is 0. The number of halogens is 1. The molecule has 0 atom stereocenters. The third-order valence-electron chi connectivity index (χ3n) is 4.10. The molecule has 1 heteroatoms. The van der Waals surface area contributed by atoms with E-state index >= 15 is 0 Å². The van der Waals surface area contributed by atoms with Crippen LogP contribution in [0.5, 0.6) is 0 Å². The largest absolute Gasteiger partial charge is 0.0843 e. The number of allylic oxidation sites excluding steroid dienone is 2. The van der Waals surface area contributed by atoms with E-state index in [1.54, 1.807) is 0 Å². The molecule has 0 amide bonds. The molecule has 0 spiro atoms. The summed E-state index contributed by atoms with van der Waals surface area (Å²) in [5.74, 6) is 7.99. The first-order valence-corrected chi connectivity index (χ1v) is 8.09. The van der Waals surface area contributed by atoms with Gasteiger partial charge in [0.25, 0.3) is 0 Å². The molecule has 1 aliphatic rings. The van der Waals surface area contributed by atoms with E-state index in [0.717, 1.165) is 22.4 Å². The fourth-order valence-electron chi connectivity index (χ4n) is 2.92. The molecule has 2 rings (SSSR count). The monoisotopic (exact) mass is 286 g/mol. The van der Waals surface area contributed by atoms with Crippen LogP contribution in [0.4, 0.5) is 0 Å². The normalized spacial score (nSPS) is 22.5. The van der Waals surface area contributed by atoms with Crippen LogP contribution < -0.4 is 0 Å². The smallest absolute Gasteiger partial charge is 0.0406 e. The van der Waals surface area contributed by atoms with Gasteiger partial charge in [-0.25, -0.2) is 0 Å². The van der Waals surface area contributed by atoms with Crippen molar-refractivity contribution in [3.05, 3.63) is 47.0 Å². The average Bonchev–Trinajstić information content (AvgIpc) is 2.47. The zero-order chi connectivity index (χ0) is 14.2. The molecule has 0 N–H and O–H groups in total. The Morgan fingerprint density at radius 1 is 1.15 bits per heavy atom. The number of rotatable bonds is 3. The maximum atomic E-state index is 5.85. The SMILES string of the molecule is CCCC1CCC(C=CC#Cc2ccc(Cl)cc2)CC1. The second-order valence-corrected chi connectivity index (χ2v) is 6.14. The van der Waals surface area contributed by atoms with Gasteiger partial charge in [-0.1, -0.05) is 49.3 Å². The van der Waals surface area contributed by atoms with Gasteiger partial charge in [0.05, 0.1) is 0 Å². The van der Waals surface area contributed by atoms with Crippen molar-refractivity contribution in [1.82, 2.24) is 0 Å². The lowest BCUT2D eigenvalue weighted by molar-refractivity contribution is 0.294. The van der Waals surface area contributed by atoms with Gasteiger partial charge < -0.3 is 0 Å². The van der Waals surface area contributed by atoms with Crippen molar-refractivity contribution in [3.8, 4) is 11.8 Å². The van der Waals surface area contributed by atoms with Crippen molar-refractivity contribution in [2.75, 3.05) is 0 Å². The lowest BCUT2D eigenvalue weighted by Gasteiger charge is -2.26. The Hall–Kier alpha value is -1.19. The van der Waals surface area contributed by atoms with Gasteiger partial charge in [0.1, 0.15) is 0 Å². The van der Waals surface area contributed by atoms with E-state index in [0.29, 0.717) is 0 Å². The molecule has 0 heterocycles.